The highest BCUT2D eigenvalue weighted by Gasteiger charge is 2.13. The monoisotopic (exact) mass is 261 g/mol. The Bertz CT molecular complexity index is 574. The lowest BCUT2D eigenvalue weighted by Crippen LogP contribution is -2.11. The number of aromatic nitrogens is 2. The minimum absolute atomic E-state index is 0.195. The molecule has 0 aliphatic rings. The van der Waals surface area contributed by atoms with Crippen LogP contribution in [-0.4, -0.2) is 17.1 Å². The van der Waals surface area contributed by atoms with Crippen LogP contribution in [0, 0.1) is 12.7 Å². The van der Waals surface area contributed by atoms with E-state index in [1.807, 2.05) is 19.9 Å². The topological polar surface area (TPSA) is 47.0 Å². The predicted molar refractivity (Wildman–Crippen MR) is 71.8 cm³/mol. The highest BCUT2D eigenvalue weighted by molar-refractivity contribution is 5.49. The summed E-state index contributed by atoms with van der Waals surface area (Å²) in [6, 6.07) is 6.48. The Morgan fingerprint density at radius 3 is 2.68 bits per heavy atom. The summed E-state index contributed by atoms with van der Waals surface area (Å²) >= 11 is 0. The molecule has 2 rings (SSSR count). The van der Waals surface area contributed by atoms with E-state index < -0.39 is 0 Å². The van der Waals surface area contributed by atoms with Gasteiger partial charge in [-0.25, -0.2) is 14.4 Å². The van der Waals surface area contributed by atoms with Crippen molar-refractivity contribution in [1.29, 1.82) is 0 Å². The van der Waals surface area contributed by atoms with Crippen LogP contribution in [0.5, 0.6) is 5.88 Å². The maximum atomic E-state index is 13.7. The number of nitrogens with zero attached hydrogens (tertiary/aromatic N) is 2. The van der Waals surface area contributed by atoms with Gasteiger partial charge in [0.05, 0.1) is 18.7 Å². The molecule has 0 aliphatic carbocycles. The SMILES string of the molecule is COc1ncnc(NC(C)c2ccccc2F)c1C. The van der Waals surface area contributed by atoms with Crippen molar-refractivity contribution in [3.8, 4) is 5.88 Å². The van der Waals surface area contributed by atoms with E-state index in [4.69, 9.17) is 4.74 Å². The first kappa shape index (κ1) is 13.3. The Morgan fingerprint density at radius 1 is 1.26 bits per heavy atom. The molecular formula is C14H16FN3O. The number of hydrogen-bond acceptors (Lipinski definition) is 4. The Balaban J connectivity index is 2.24. The zero-order valence-corrected chi connectivity index (χ0v) is 11.1. The normalized spacial score (nSPS) is 12.0. The van der Waals surface area contributed by atoms with Gasteiger partial charge in [0.25, 0.3) is 0 Å². The van der Waals surface area contributed by atoms with Crippen LogP contribution < -0.4 is 10.1 Å². The fourth-order valence-corrected chi connectivity index (χ4v) is 1.89. The lowest BCUT2D eigenvalue weighted by molar-refractivity contribution is 0.393. The number of methoxy groups -OCH3 is 1. The van der Waals surface area contributed by atoms with Gasteiger partial charge in [0.15, 0.2) is 0 Å². The van der Waals surface area contributed by atoms with Crippen LogP contribution in [0.4, 0.5) is 10.2 Å². The molecule has 0 saturated carbocycles. The molecule has 2 aromatic rings. The molecule has 1 atom stereocenters. The second-order valence-corrected chi connectivity index (χ2v) is 4.24. The summed E-state index contributed by atoms with van der Waals surface area (Å²) in [5.74, 6) is 0.919. The lowest BCUT2D eigenvalue weighted by atomic mass is 10.1. The highest BCUT2D eigenvalue weighted by atomic mass is 19.1. The van der Waals surface area contributed by atoms with E-state index in [-0.39, 0.29) is 11.9 Å². The van der Waals surface area contributed by atoms with E-state index in [2.05, 4.69) is 15.3 Å². The van der Waals surface area contributed by atoms with Gasteiger partial charge >= 0.3 is 0 Å². The third-order valence-corrected chi connectivity index (χ3v) is 2.96. The van der Waals surface area contributed by atoms with E-state index in [0.717, 1.165) is 5.56 Å². The van der Waals surface area contributed by atoms with E-state index in [0.29, 0.717) is 17.3 Å². The van der Waals surface area contributed by atoms with Crippen molar-refractivity contribution in [2.24, 2.45) is 0 Å². The number of nitrogens with one attached hydrogen (secondary N) is 1. The van der Waals surface area contributed by atoms with Gasteiger partial charge in [-0.1, -0.05) is 18.2 Å². The van der Waals surface area contributed by atoms with E-state index in [9.17, 15) is 4.39 Å². The third kappa shape index (κ3) is 2.81. The van der Waals surface area contributed by atoms with Gasteiger partial charge in [0.2, 0.25) is 5.88 Å². The summed E-state index contributed by atoms with van der Waals surface area (Å²) < 4.78 is 18.8. The number of anilines is 1. The fraction of sp³-hybridized carbons (Fsp3) is 0.286. The van der Waals surface area contributed by atoms with Gasteiger partial charge in [-0.3, -0.25) is 0 Å². The zero-order valence-electron chi connectivity index (χ0n) is 11.1. The van der Waals surface area contributed by atoms with Gasteiger partial charge < -0.3 is 10.1 Å². The largest absolute Gasteiger partial charge is 0.481 e. The molecule has 0 bridgehead atoms. The molecule has 1 aromatic carbocycles. The van der Waals surface area contributed by atoms with Gasteiger partial charge in [0.1, 0.15) is 18.0 Å². The van der Waals surface area contributed by atoms with Crippen LogP contribution in [0.15, 0.2) is 30.6 Å². The summed E-state index contributed by atoms with van der Waals surface area (Å²) in [5.41, 5.74) is 1.40. The maximum Gasteiger partial charge on any atom is 0.221 e. The van der Waals surface area contributed by atoms with Crippen LogP contribution >= 0.6 is 0 Å². The summed E-state index contributed by atoms with van der Waals surface area (Å²) in [6.45, 7) is 3.74. The van der Waals surface area contributed by atoms with Crippen molar-refractivity contribution in [2.75, 3.05) is 12.4 Å². The fourth-order valence-electron chi connectivity index (χ4n) is 1.89. The number of hydrogen-bond donors (Lipinski definition) is 1. The summed E-state index contributed by atoms with van der Waals surface area (Å²) in [7, 11) is 1.55. The van der Waals surface area contributed by atoms with E-state index in [1.54, 1.807) is 19.2 Å². The van der Waals surface area contributed by atoms with E-state index >= 15 is 0 Å². The second kappa shape index (κ2) is 5.65. The molecule has 5 heteroatoms. The average molecular weight is 261 g/mol. The van der Waals surface area contributed by atoms with Gasteiger partial charge in [-0.2, -0.15) is 0 Å². The second-order valence-electron chi connectivity index (χ2n) is 4.24. The Labute approximate surface area is 111 Å². The van der Waals surface area contributed by atoms with Gasteiger partial charge in [-0.05, 0) is 19.9 Å². The summed E-state index contributed by atoms with van der Waals surface area (Å²) in [6.07, 6.45) is 1.42. The minimum atomic E-state index is -0.235. The van der Waals surface area contributed by atoms with Crippen molar-refractivity contribution in [3.63, 3.8) is 0 Å². The van der Waals surface area contributed by atoms with Crippen molar-refractivity contribution >= 4 is 5.82 Å². The molecule has 0 fully saturated rings. The molecule has 1 heterocycles. The smallest absolute Gasteiger partial charge is 0.221 e. The quantitative estimate of drug-likeness (QED) is 0.918. The number of benzene rings is 1. The average Bonchev–Trinajstić information content (AvgIpc) is 2.41. The Morgan fingerprint density at radius 2 is 2.00 bits per heavy atom. The summed E-state index contributed by atoms with van der Waals surface area (Å²) in [4.78, 5) is 8.16. The Hall–Kier alpha value is -2.17. The van der Waals surface area contributed by atoms with E-state index in [1.165, 1.54) is 12.4 Å². The van der Waals surface area contributed by atoms with Crippen molar-refractivity contribution in [1.82, 2.24) is 9.97 Å². The van der Waals surface area contributed by atoms with Gasteiger partial charge in [-0.15, -0.1) is 0 Å². The first-order chi connectivity index (χ1) is 9.13. The molecule has 100 valence electrons. The summed E-state index contributed by atoms with van der Waals surface area (Å²) in [5, 5.41) is 3.17. The molecule has 0 amide bonds. The number of rotatable bonds is 4. The maximum absolute atomic E-state index is 13.7. The predicted octanol–water partition coefficient (Wildman–Crippen LogP) is 3.11. The molecule has 1 N–H and O–H groups in total. The van der Waals surface area contributed by atoms with Crippen molar-refractivity contribution in [3.05, 3.63) is 47.5 Å². The minimum Gasteiger partial charge on any atom is -0.481 e. The number of ether oxygens (including phenoxy) is 1. The lowest BCUT2D eigenvalue weighted by Gasteiger charge is -2.17. The van der Waals surface area contributed by atoms with Crippen LogP contribution in [0.2, 0.25) is 0 Å². The van der Waals surface area contributed by atoms with Crippen molar-refractivity contribution < 1.29 is 9.13 Å². The first-order valence-corrected chi connectivity index (χ1v) is 6.00. The zero-order chi connectivity index (χ0) is 13.8. The molecule has 19 heavy (non-hydrogen) atoms. The molecular weight excluding hydrogens is 245 g/mol. The molecule has 0 saturated heterocycles. The van der Waals surface area contributed by atoms with Crippen LogP contribution in [0.25, 0.3) is 0 Å². The van der Waals surface area contributed by atoms with Crippen molar-refractivity contribution in [2.45, 2.75) is 19.9 Å². The molecule has 1 unspecified atom stereocenters. The van der Waals surface area contributed by atoms with Crippen LogP contribution in [0.1, 0.15) is 24.1 Å². The molecule has 4 nitrogen and oxygen atoms in total. The molecule has 0 radical (unpaired) electrons. The molecule has 0 spiro atoms. The number of halogens is 1. The molecule has 0 aliphatic heterocycles. The third-order valence-electron chi connectivity index (χ3n) is 2.96. The Kier molecular flexibility index (Phi) is 3.94. The van der Waals surface area contributed by atoms with Crippen LogP contribution in [0.3, 0.4) is 0 Å². The van der Waals surface area contributed by atoms with Crippen LogP contribution in [-0.2, 0) is 0 Å². The standard InChI is InChI=1S/C14H16FN3O/c1-9-13(16-8-17-14(9)19-3)18-10(2)11-6-4-5-7-12(11)15/h4-8,10H,1-3H3,(H,16,17,18). The molecule has 1 aromatic heterocycles. The highest BCUT2D eigenvalue weighted by Crippen LogP contribution is 2.25. The van der Waals surface area contributed by atoms with Gasteiger partial charge in [0, 0.05) is 5.56 Å². The first-order valence-electron chi connectivity index (χ1n) is 6.00.